The first kappa shape index (κ1) is 14.2. The fourth-order valence-electron chi connectivity index (χ4n) is 2.80. The Labute approximate surface area is 127 Å². The van der Waals surface area contributed by atoms with Crippen molar-refractivity contribution in [2.24, 2.45) is 0 Å². The van der Waals surface area contributed by atoms with Gasteiger partial charge in [-0.05, 0) is 24.8 Å². The van der Waals surface area contributed by atoms with Gasteiger partial charge in [0.2, 0.25) is 0 Å². The van der Waals surface area contributed by atoms with E-state index < -0.39 is 11.9 Å². The number of hydrogen-bond donors (Lipinski definition) is 1. The molecule has 2 aromatic rings. The molecule has 21 heavy (non-hydrogen) atoms. The topological polar surface area (TPSA) is 59.4 Å². The Morgan fingerprint density at radius 3 is 2.86 bits per heavy atom. The van der Waals surface area contributed by atoms with Gasteiger partial charge in [-0.15, -0.1) is 11.3 Å². The third-order valence-corrected chi connectivity index (χ3v) is 5.01. The number of benzene rings is 1. The van der Waals surface area contributed by atoms with Crippen molar-refractivity contribution in [1.29, 1.82) is 0 Å². The normalized spacial score (nSPS) is 19.0. The van der Waals surface area contributed by atoms with Crippen LogP contribution in [-0.2, 0) is 16.0 Å². The van der Waals surface area contributed by atoms with Crippen LogP contribution >= 0.6 is 11.3 Å². The molecule has 3 rings (SSSR count). The molecule has 0 saturated carbocycles. The summed E-state index contributed by atoms with van der Waals surface area (Å²) in [5.74, 6) is -1.24. The maximum absolute atomic E-state index is 11.4. The molecule has 1 aliphatic rings. The summed E-state index contributed by atoms with van der Waals surface area (Å²) in [5, 5.41) is 10.2. The van der Waals surface area contributed by atoms with Crippen LogP contribution in [0.4, 0.5) is 0 Å². The molecule has 0 saturated heterocycles. The lowest BCUT2D eigenvalue weighted by Gasteiger charge is -2.16. The number of carbonyl (C=O) groups is 1. The van der Waals surface area contributed by atoms with Crippen molar-refractivity contribution >= 4 is 17.3 Å². The summed E-state index contributed by atoms with van der Waals surface area (Å²) in [7, 11) is 1.66. The minimum Gasteiger partial charge on any atom is -0.481 e. The van der Waals surface area contributed by atoms with Crippen molar-refractivity contribution in [2.75, 3.05) is 7.11 Å². The fourth-order valence-corrected chi connectivity index (χ4v) is 4.07. The average Bonchev–Trinajstić information content (AvgIpc) is 2.92. The van der Waals surface area contributed by atoms with Crippen LogP contribution < -0.4 is 0 Å². The molecular weight excluding hydrogens is 286 g/mol. The Bertz CT molecular complexity index is 638. The van der Waals surface area contributed by atoms with Crippen LogP contribution in [-0.4, -0.2) is 23.2 Å². The number of fused-ring (bicyclic) bond motifs is 1. The molecule has 1 N–H and O–H groups in total. The second-order valence-electron chi connectivity index (χ2n) is 5.17. The lowest BCUT2D eigenvalue weighted by molar-refractivity contribution is -0.139. The van der Waals surface area contributed by atoms with Crippen LogP contribution in [0.15, 0.2) is 30.3 Å². The first-order valence-corrected chi connectivity index (χ1v) is 7.82. The van der Waals surface area contributed by atoms with Crippen LogP contribution in [0.1, 0.15) is 46.0 Å². The summed E-state index contributed by atoms with van der Waals surface area (Å²) in [4.78, 5) is 17.1. The van der Waals surface area contributed by atoms with E-state index >= 15 is 0 Å². The summed E-state index contributed by atoms with van der Waals surface area (Å²) in [6.07, 6.45) is 2.28. The third kappa shape index (κ3) is 2.71. The van der Waals surface area contributed by atoms with E-state index in [0.29, 0.717) is 6.42 Å². The molecular formula is C16H17NO3S. The number of aromatic nitrogens is 1. The van der Waals surface area contributed by atoms with Crippen LogP contribution in [0.5, 0.6) is 0 Å². The van der Waals surface area contributed by atoms with Crippen molar-refractivity contribution in [3.63, 3.8) is 0 Å². The van der Waals surface area contributed by atoms with Gasteiger partial charge in [-0.2, -0.15) is 0 Å². The molecule has 1 aromatic carbocycles. The zero-order chi connectivity index (χ0) is 14.8. The van der Waals surface area contributed by atoms with Gasteiger partial charge in [0, 0.05) is 12.0 Å². The van der Waals surface area contributed by atoms with Gasteiger partial charge in [-0.1, -0.05) is 30.3 Å². The smallest absolute Gasteiger partial charge is 0.312 e. The molecule has 2 atom stereocenters. The Morgan fingerprint density at radius 2 is 2.19 bits per heavy atom. The molecule has 2 unspecified atom stereocenters. The van der Waals surface area contributed by atoms with E-state index in [0.717, 1.165) is 34.0 Å². The van der Waals surface area contributed by atoms with Gasteiger partial charge in [0.05, 0.1) is 11.6 Å². The minimum absolute atomic E-state index is 0.226. The standard InChI is InChI=1S/C16H17NO3S/c1-20-14(10-6-3-2-4-7-10)15-17-13-11(16(18)19)8-5-9-12(13)21-15/h2-4,6-7,11,14H,5,8-9H2,1H3,(H,18,19). The highest BCUT2D eigenvalue weighted by Gasteiger charge is 2.31. The number of ether oxygens (including phenoxy) is 1. The number of hydrogen-bond acceptors (Lipinski definition) is 4. The molecule has 1 heterocycles. The number of carboxylic acid groups (broad SMARTS) is 1. The summed E-state index contributed by atoms with van der Waals surface area (Å²) in [5.41, 5.74) is 1.78. The Kier molecular flexibility index (Phi) is 4.03. The summed E-state index contributed by atoms with van der Waals surface area (Å²) in [6, 6.07) is 9.90. The van der Waals surface area contributed by atoms with E-state index in [1.165, 1.54) is 0 Å². The van der Waals surface area contributed by atoms with Gasteiger partial charge in [0.25, 0.3) is 0 Å². The van der Waals surface area contributed by atoms with Gasteiger partial charge in [0.15, 0.2) is 0 Å². The number of methoxy groups -OCH3 is 1. The van der Waals surface area contributed by atoms with Crippen LogP contribution in [0.25, 0.3) is 0 Å². The second kappa shape index (κ2) is 5.95. The van der Waals surface area contributed by atoms with Gasteiger partial charge in [0.1, 0.15) is 11.1 Å². The van der Waals surface area contributed by atoms with E-state index in [-0.39, 0.29) is 6.10 Å². The molecule has 1 aromatic heterocycles. The monoisotopic (exact) mass is 303 g/mol. The number of aryl methyl sites for hydroxylation is 1. The second-order valence-corrected chi connectivity index (χ2v) is 6.29. The van der Waals surface area contributed by atoms with Crippen molar-refractivity contribution in [3.05, 3.63) is 51.5 Å². The molecule has 0 bridgehead atoms. The number of thiazole rings is 1. The lowest BCUT2D eigenvalue weighted by atomic mass is 9.91. The van der Waals surface area contributed by atoms with Gasteiger partial charge in [-0.3, -0.25) is 4.79 Å². The number of nitrogens with zero attached hydrogens (tertiary/aromatic N) is 1. The Morgan fingerprint density at radius 1 is 1.43 bits per heavy atom. The number of carboxylic acids is 1. The zero-order valence-electron chi connectivity index (χ0n) is 11.8. The van der Waals surface area contributed by atoms with Crippen molar-refractivity contribution in [2.45, 2.75) is 31.3 Å². The quantitative estimate of drug-likeness (QED) is 0.940. The van der Waals surface area contributed by atoms with Gasteiger partial charge in [-0.25, -0.2) is 4.98 Å². The molecule has 1 aliphatic carbocycles. The van der Waals surface area contributed by atoms with Crippen LogP contribution in [0, 0.1) is 0 Å². The molecule has 0 spiro atoms. The molecule has 0 aliphatic heterocycles. The average molecular weight is 303 g/mol. The largest absolute Gasteiger partial charge is 0.481 e. The van der Waals surface area contributed by atoms with Gasteiger partial charge >= 0.3 is 5.97 Å². The molecule has 0 fully saturated rings. The highest BCUT2D eigenvalue weighted by molar-refractivity contribution is 7.11. The Hall–Kier alpha value is -1.72. The van der Waals surface area contributed by atoms with Crippen molar-refractivity contribution < 1.29 is 14.6 Å². The maximum atomic E-state index is 11.4. The number of aliphatic carboxylic acids is 1. The fraction of sp³-hybridized carbons (Fsp3) is 0.375. The van der Waals surface area contributed by atoms with Crippen molar-refractivity contribution in [3.8, 4) is 0 Å². The summed E-state index contributed by atoms with van der Waals surface area (Å²) >= 11 is 1.58. The molecule has 4 nitrogen and oxygen atoms in total. The zero-order valence-corrected chi connectivity index (χ0v) is 12.6. The highest BCUT2D eigenvalue weighted by Crippen LogP contribution is 2.38. The lowest BCUT2D eigenvalue weighted by Crippen LogP contribution is -2.17. The van der Waals surface area contributed by atoms with Crippen LogP contribution in [0.3, 0.4) is 0 Å². The van der Waals surface area contributed by atoms with E-state index in [1.807, 2.05) is 30.3 Å². The van der Waals surface area contributed by atoms with E-state index in [4.69, 9.17) is 4.74 Å². The number of rotatable bonds is 4. The third-order valence-electron chi connectivity index (χ3n) is 3.83. The van der Waals surface area contributed by atoms with Crippen molar-refractivity contribution in [1.82, 2.24) is 4.98 Å². The highest BCUT2D eigenvalue weighted by atomic mass is 32.1. The van der Waals surface area contributed by atoms with E-state index in [1.54, 1.807) is 18.4 Å². The molecule has 5 heteroatoms. The SMILES string of the molecule is COC(c1ccccc1)c1nc2c(s1)CCCC2C(=O)O. The van der Waals surface area contributed by atoms with Crippen LogP contribution in [0.2, 0.25) is 0 Å². The first-order valence-electron chi connectivity index (χ1n) is 7.00. The Balaban J connectivity index is 1.98. The summed E-state index contributed by atoms with van der Waals surface area (Å²) in [6.45, 7) is 0. The molecule has 0 amide bonds. The van der Waals surface area contributed by atoms with E-state index in [2.05, 4.69) is 4.98 Å². The predicted molar refractivity (Wildman–Crippen MR) is 80.7 cm³/mol. The minimum atomic E-state index is -0.776. The van der Waals surface area contributed by atoms with E-state index in [9.17, 15) is 9.90 Å². The predicted octanol–water partition coefficient (Wildman–Crippen LogP) is 3.38. The molecule has 110 valence electrons. The van der Waals surface area contributed by atoms with Gasteiger partial charge < -0.3 is 9.84 Å². The molecule has 0 radical (unpaired) electrons. The first-order chi connectivity index (χ1) is 10.2. The maximum Gasteiger partial charge on any atom is 0.312 e. The summed E-state index contributed by atoms with van der Waals surface area (Å²) < 4.78 is 5.60.